The maximum absolute atomic E-state index is 12.0. The number of rotatable bonds is 5. The molecule has 0 fully saturated rings. The SMILES string of the molecule is CC(=NNC(=O)CSc1nc2ccccc2s1)c1ccc(Br)cc1. The van der Waals surface area contributed by atoms with Gasteiger partial charge in [0.2, 0.25) is 0 Å². The lowest BCUT2D eigenvalue weighted by molar-refractivity contribution is -0.118. The van der Waals surface area contributed by atoms with Crippen molar-refractivity contribution in [3.05, 3.63) is 58.6 Å². The second-order valence-electron chi connectivity index (χ2n) is 4.98. The van der Waals surface area contributed by atoms with Crippen LogP contribution in [-0.2, 0) is 4.79 Å². The van der Waals surface area contributed by atoms with Crippen LogP contribution in [0, 0.1) is 0 Å². The van der Waals surface area contributed by atoms with Crippen LogP contribution in [0.3, 0.4) is 0 Å². The standard InChI is InChI=1S/C17H14BrN3OS2/c1-11(12-6-8-13(18)9-7-12)20-21-16(22)10-23-17-19-14-4-2-3-5-15(14)24-17/h2-9H,10H2,1H3,(H,21,22). The van der Waals surface area contributed by atoms with Crippen molar-refractivity contribution in [3.8, 4) is 0 Å². The second-order valence-corrected chi connectivity index (χ2v) is 8.14. The van der Waals surface area contributed by atoms with E-state index in [4.69, 9.17) is 0 Å². The van der Waals surface area contributed by atoms with Gasteiger partial charge >= 0.3 is 0 Å². The molecule has 0 bridgehead atoms. The summed E-state index contributed by atoms with van der Waals surface area (Å²) in [6.07, 6.45) is 0. The average molecular weight is 420 g/mol. The smallest absolute Gasteiger partial charge is 0.250 e. The Balaban J connectivity index is 1.55. The largest absolute Gasteiger partial charge is 0.272 e. The number of fused-ring (bicyclic) bond motifs is 1. The van der Waals surface area contributed by atoms with Gasteiger partial charge in [0.15, 0.2) is 4.34 Å². The summed E-state index contributed by atoms with van der Waals surface area (Å²) in [6.45, 7) is 1.87. The molecular formula is C17H14BrN3OS2. The summed E-state index contributed by atoms with van der Waals surface area (Å²) in [7, 11) is 0. The zero-order chi connectivity index (χ0) is 16.9. The fourth-order valence-electron chi connectivity index (χ4n) is 1.97. The Kier molecular flexibility index (Phi) is 5.65. The number of hydrogen-bond donors (Lipinski definition) is 1. The number of thioether (sulfide) groups is 1. The van der Waals surface area contributed by atoms with Gasteiger partial charge in [0.25, 0.3) is 5.91 Å². The summed E-state index contributed by atoms with van der Waals surface area (Å²) in [4.78, 5) is 16.4. The summed E-state index contributed by atoms with van der Waals surface area (Å²) >= 11 is 6.41. The molecule has 4 nitrogen and oxygen atoms in total. The number of carbonyl (C=O) groups excluding carboxylic acids is 1. The van der Waals surface area contributed by atoms with E-state index >= 15 is 0 Å². The van der Waals surface area contributed by atoms with Crippen molar-refractivity contribution in [1.82, 2.24) is 10.4 Å². The highest BCUT2D eigenvalue weighted by molar-refractivity contribution is 9.10. The third-order valence-electron chi connectivity index (χ3n) is 3.21. The maximum atomic E-state index is 12.0. The van der Waals surface area contributed by atoms with E-state index in [0.717, 1.165) is 30.3 Å². The topological polar surface area (TPSA) is 54.4 Å². The number of hydrazone groups is 1. The highest BCUT2D eigenvalue weighted by Crippen LogP contribution is 2.28. The van der Waals surface area contributed by atoms with Gasteiger partial charge in [-0.15, -0.1) is 11.3 Å². The Morgan fingerprint density at radius 2 is 2.00 bits per heavy atom. The highest BCUT2D eigenvalue weighted by atomic mass is 79.9. The first kappa shape index (κ1) is 17.1. The molecule has 0 aliphatic rings. The third-order valence-corrected chi connectivity index (χ3v) is 5.92. The summed E-state index contributed by atoms with van der Waals surface area (Å²) in [5, 5.41) is 4.15. The van der Waals surface area contributed by atoms with Gasteiger partial charge < -0.3 is 0 Å². The number of carbonyl (C=O) groups is 1. The number of amides is 1. The van der Waals surface area contributed by atoms with Crippen molar-refractivity contribution in [3.63, 3.8) is 0 Å². The van der Waals surface area contributed by atoms with E-state index in [0.29, 0.717) is 0 Å². The van der Waals surface area contributed by atoms with E-state index < -0.39 is 0 Å². The van der Waals surface area contributed by atoms with Crippen LogP contribution in [0.4, 0.5) is 0 Å². The second kappa shape index (κ2) is 7.92. The van der Waals surface area contributed by atoms with E-state index in [2.05, 4.69) is 31.4 Å². The van der Waals surface area contributed by atoms with Crippen LogP contribution < -0.4 is 5.43 Å². The quantitative estimate of drug-likeness (QED) is 0.370. The minimum absolute atomic E-state index is 0.143. The highest BCUT2D eigenvalue weighted by Gasteiger charge is 2.07. The molecule has 0 saturated heterocycles. The number of thiazole rings is 1. The van der Waals surface area contributed by atoms with Crippen LogP contribution in [-0.4, -0.2) is 22.4 Å². The molecule has 2 aromatic carbocycles. The van der Waals surface area contributed by atoms with Gasteiger partial charge in [-0.3, -0.25) is 4.79 Å². The van der Waals surface area contributed by atoms with Crippen LogP contribution in [0.15, 0.2) is 62.4 Å². The Labute approximate surface area is 156 Å². The van der Waals surface area contributed by atoms with Crippen LogP contribution in [0.1, 0.15) is 12.5 Å². The Bertz CT molecular complexity index is 857. The normalized spacial score (nSPS) is 11.7. The molecule has 1 aromatic heterocycles. The summed E-state index contributed by atoms with van der Waals surface area (Å²) in [5.41, 5.74) is 5.29. The first-order valence-electron chi connectivity index (χ1n) is 7.19. The number of benzene rings is 2. The van der Waals surface area contributed by atoms with Gasteiger partial charge in [0, 0.05) is 4.47 Å². The van der Waals surface area contributed by atoms with Crippen molar-refractivity contribution in [1.29, 1.82) is 0 Å². The predicted octanol–water partition coefficient (Wildman–Crippen LogP) is 4.69. The van der Waals surface area contributed by atoms with Crippen LogP contribution in [0.5, 0.6) is 0 Å². The Morgan fingerprint density at radius 3 is 2.75 bits per heavy atom. The van der Waals surface area contributed by atoms with Gasteiger partial charge in [-0.05, 0) is 36.8 Å². The molecule has 122 valence electrons. The lowest BCUT2D eigenvalue weighted by Gasteiger charge is -2.02. The van der Waals surface area contributed by atoms with E-state index in [9.17, 15) is 4.79 Å². The van der Waals surface area contributed by atoms with Gasteiger partial charge in [-0.2, -0.15) is 5.10 Å². The number of nitrogens with one attached hydrogen (secondary N) is 1. The molecule has 0 atom stereocenters. The Morgan fingerprint density at radius 1 is 1.25 bits per heavy atom. The number of para-hydroxylation sites is 1. The lowest BCUT2D eigenvalue weighted by atomic mass is 10.1. The van der Waals surface area contributed by atoms with Crippen molar-refractivity contribution in [2.24, 2.45) is 5.10 Å². The molecule has 1 N–H and O–H groups in total. The average Bonchev–Trinajstić information content (AvgIpc) is 3.01. The van der Waals surface area contributed by atoms with Crippen LogP contribution >= 0.6 is 39.0 Å². The van der Waals surface area contributed by atoms with Crippen LogP contribution in [0.25, 0.3) is 10.2 Å². The van der Waals surface area contributed by atoms with E-state index in [1.165, 1.54) is 11.8 Å². The van der Waals surface area contributed by atoms with Crippen molar-refractivity contribution < 1.29 is 4.79 Å². The minimum Gasteiger partial charge on any atom is -0.272 e. The monoisotopic (exact) mass is 419 g/mol. The van der Waals surface area contributed by atoms with Crippen molar-refractivity contribution in [2.75, 3.05) is 5.75 Å². The van der Waals surface area contributed by atoms with Gasteiger partial charge in [0.1, 0.15) is 0 Å². The summed E-state index contributed by atoms with van der Waals surface area (Å²) in [5.74, 6) is 0.146. The molecular weight excluding hydrogens is 406 g/mol. The van der Waals surface area contributed by atoms with Gasteiger partial charge in [-0.25, -0.2) is 10.4 Å². The van der Waals surface area contributed by atoms with Crippen molar-refractivity contribution >= 4 is 60.9 Å². The van der Waals surface area contributed by atoms with Crippen molar-refractivity contribution in [2.45, 2.75) is 11.3 Å². The number of aromatic nitrogens is 1. The molecule has 0 saturated carbocycles. The number of halogens is 1. The molecule has 0 unspecified atom stereocenters. The van der Waals surface area contributed by atoms with E-state index in [1.807, 2.05) is 55.5 Å². The molecule has 0 aliphatic heterocycles. The molecule has 0 aliphatic carbocycles. The molecule has 24 heavy (non-hydrogen) atoms. The molecule has 7 heteroatoms. The maximum Gasteiger partial charge on any atom is 0.250 e. The molecule has 1 amide bonds. The summed E-state index contributed by atoms with van der Waals surface area (Å²) in [6, 6.07) is 15.7. The fraction of sp³-hybridized carbons (Fsp3) is 0.118. The molecule has 3 aromatic rings. The first-order chi connectivity index (χ1) is 11.6. The van der Waals surface area contributed by atoms with E-state index in [-0.39, 0.29) is 11.7 Å². The van der Waals surface area contributed by atoms with Crippen LogP contribution in [0.2, 0.25) is 0 Å². The summed E-state index contributed by atoms with van der Waals surface area (Å²) < 4.78 is 3.03. The predicted molar refractivity (Wildman–Crippen MR) is 105 cm³/mol. The molecule has 0 spiro atoms. The molecule has 1 heterocycles. The third kappa shape index (κ3) is 4.43. The lowest BCUT2D eigenvalue weighted by Crippen LogP contribution is -2.21. The first-order valence-corrected chi connectivity index (χ1v) is 9.79. The number of nitrogens with zero attached hydrogens (tertiary/aromatic N) is 2. The fourth-order valence-corrected chi connectivity index (χ4v) is 4.10. The van der Waals surface area contributed by atoms with E-state index in [1.54, 1.807) is 11.3 Å². The van der Waals surface area contributed by atoms with Gasteiger partial charge in [0.05, 0.1) is 21.7 Å². The molecule has 3 rings (SSSR count). The van der Waals surface area contributed by atoms with Gasteiger partial charge in [-0.1, -0.05) is 52.0 Å². The minimum atomic E-state index is -0.143. The number of hydrogen-bond acceptors (Lipinski definition) is 5. The Hall–Kier alpha value is -1.70. The zero-order valence-electron chi connectivity index (χ0n) is 12.8. The zero-order valence-corrected chi connectivity index (χ0v) is 16.0. The molecule has 0 radical (unpaired) electrons.